The zero-order chi connectivity index (χ0) is 18.2. The second kappa shape index (κ2) is 6.27. The number of aliphatic hydroxyl groups is 2. The van der Waals surface area contributed by atoms with Crippen LogP contribution < -0.4 is 9.64 Å². The van der Waals surface area contributed by atoms with Crippen molar-refractivity contribution < 1.29 is 23.7 Å². The number of hydrogen-bond acceptors (Lipinski definition) is 6. The molecule has 1 aromatic heterocycles. The summed E-state index contributed by atoms with van der Waals surface area (Å²) in [5, 5.41) is 28.8. The van der Waals surface area contributed by atoms with Gasteiger partial charge in [-0.3, -0.25) is 0 Å². The van der Waals surface area contributed by atoms with Gasteiger partial charge in [-0.1, -0.05) is 18.2 Å². The lowest BCUT2D eigenvalue weighted by molar-refractivity contribution is -0.246. The van der Waals surface area contributed by atoms with E-state index in [-0.39, 0.29) is 29.2 Å². The highest BCUT2D eigenvalue weighted by atomic mass is 19.3. The van der Waals surface area contributed by atoms with Gasteiger partial charge in [0.15, 0.2) is 5.75 Å². The number of aromatic nitrogens is 1. The Morgan fingerprint density at radius 1 is 1.36 bits per heavy atom. The minimum Gasteiger partial charge on any atom is -0.427 e. The summed E-state index contributed by atoms with van der Waals surface area (Å²) in [6, 6.07) is 11.1. The van der Waals surface area contributed by atoms with Crippen molar-refractivity contribution in [1.82, 2.24) is 4.98 Å². The molecule has 0 fully saturated rings. The van der Waals surface area contributed by atoms with Gasteiger partial charge in [0.05, 0.1) is 24.0 Å². The summed E-state index contributed by atoms with van der Waals surface area (Å²) >= 11 is 0. The van der Waals surface area contributed by atoms with Gasteiger partial charge in [-0.25, -0.2) is 4.98 Å². The highest BCUT2D eigenvalue weighted by Crippen LogP contribution is 2.45. The third-order valence-corrected chi connectivity index (χ3v) is 3.87. The number of halogens is 2. The lowest BCUT2D eigenvalue weighted by atomic mass is 10.1. The third-order valence-electron chi connectivity index (χ3n) is 3.87. The van der Waals surface area contributed by atoms with E-state index < -0.39 is 18.4 Å². The summed E-state index contributed by atoms with van der Waals surface area (Å²) in [6.45, 7) is 1.27. The molecular formula is C17H15F2N3O3. The molecule has 1 aliphatic heterocycles. The highest BCUT2D eigenvalue weighted by Gasteiger charge is 2.50. The number of nitriles is 1. The minimum absolute atomic E-state index is 0.143. The molecule has 0 spiro atoms. The lowest BCUT2D eigenvalue weighted by Crippen LogP contribution is -2.54. The smallest absolute Gasteiger partial charge is 0.427 e. The quantitative estimate of drug-likeness (QED) is 0.886. The average molecular weight is 347 g/mol. The highest BCUT2D eigenvalue weighted by molar-refractivity contribution is 5.64. The molecular weight excluding hydrogens is 332 g/mol. The Kier molecular flexibility index (Phi) is 4.29. The van der Waals surface area contributed by atoms with E-state index in [2.05, 4.69) is 9.72 Å². The van der Waals surface area contributed by atoms with Gasteiger partial charge in [-0.15, -0.1) is 0 Å². The van der Waals surface area contributed by atoms with Crippen LogP contribution in [-0.4, -0.2) is 27.5 Å². The Morgan fingerprint density at radius 2 is 2.08 bits per heavy atom. The maximum absolute atomic E-state index is 14.2. The van der Waals surface area contributed by atoms with E-state index in [0.29, 0.717) is 5.69 Å². The summed E-state index contributed by atoms with van der Waals surface area (Å²) in [5.74, 6) is -0.191. The van der Waals surface area contributed by atoms with Gasteiger partial charge in [0.25, 0.3) is 0 Å². The number of anilines is 1. The fourth-order valence-corrected chi connectivity index (χ4v) is 2.69. The number of hydrogen-bond donors (Lipinski definition) is 2. The van der Waals surface area contributed by atoms with Gasteiger partial charge in [0.2, 0.25) is 6.23 Å². The molecule has 1 aliphatic rings. The number of nitrogens with zero attached hydrogens (tertiary/aromatic N) is 3. The molecule has 130 valence electrons. The van der Waals surface area contributed by atoms with Crippen molar-refractivity contribution in [3.8, 4) is 11.8 Å². The first-order valence-corrected chi connectivity index (χ1v) is 7.52. The molecule has 2 heterocycles. The van der Waals surface area contributed by atoms with Crippen molar-refractivity contribution in [2.24, 2.45) is 0 Å². The summed E-state index contributed by atoms with van der Waals surface area (Å²) in [5.41, 5.74) is 0.878. The molecule has 0 aliphatic carbocycles. The van der Waals surface area contributed by atoms with Gasteiger partial charge in [0, 0.05) is 5.56 Å². The summed E-state index contributed by atoms with van der Waals surface area (Å²) in [7, 11) is 0. The maximum Gasteiger partial charge on any atom is 0.444 e. The molecule has 1 unspecified atom stereocenters. The number of para-hydroxylation sites is 1. The van der Waals surface area contributed by atoms with Crippen LogP contribution in [0.2, 0.25) is 0 Å². The zero-order valence-corrected chi connectivity index (χ0v) is 13.2. The second-order valence-corrected chi connectivity index (χ2v) is 5.66. The normalized spacial score (nSPS) is 19.5. The number of aliphatic hydroxyl groups excluding tert-OH is 2. The van der Waals surface area contributed by atoms with Crippen molar-refractivity contribution in [2.75, 3.05) is 4.90 Å². The summed E-state index contributed by atoms with van der Waals surface area (Å²) in [4.78, 5) is 5.08. The van der Waals surface area contributed by atoms with Crippen LogP contribution in [0.15, 0.2) is 36.4 Å². The number of rotatable bonds is 3. The molecule has 0 amide bonds. The molecule has 0 saturated carbocycles. The number of fused-ring (bicyclic) bond motifs is 1. The van der Waals surface area contributed by atoms with E-state index in [1.807, 2.05) is 6.07 Å². The van der Waals surface area contributed by atoms with Crippen LogP contribution in [0.1, 0.15) is 30.0 Å². The van der Waals surface area contributed by atoms with Crippen LogP contribution in [-0.2, 0) is 6.54 Å². The van der Waals surface area contributed by atoms with Crippen molar-refractivity contribution in [3.05, 3.63) is 53.3 Å². The first kappa shape index (κ1) is 17.1. The topological polar surface area (TPSA) is 89.6 Å². The van der Waals surface area contributed by atoms with E-state index in [1.165, 1.54) is 25.1 Å². The first-order chi connectivity index (χ1) is 11.8. The number of ether oxygens (including phenoxy) is 1. The van der Waals surface area contributed by atoms with Crippen molar-refractivity contribution >= 4 is 5.69 Å². The summed E-state index contributed by atoms with van der Waals surface area (Å²) in [6.07, 6.45) is -7.13. The van der Waals surface area contributed by atoms with Crippen LogP contribution in [0.3, 0.4) is 0 Å². The molecule has 0 bridgehead atoms. The molecule has 3 rings (SSSR count). The average Bonchev–Trinajstić information content (AvgIpc) is 2.58. The molecule has 2 N–H and O–H groups in total. The van der Waals surface area contributed by atoms with E-state index in [9.17, 15) is 19.0 Å². The van der Waals surface area contributed by atoms with Crippen molar-refractivity contribution in [3.63, 3.8) is 0 Å². The van der Waals surface area contributed by atoms with Crippen LogP contribution in [0.4, 0.5) is 14.5 Å². The molecule has 1 aromatic carbocycles. The number of alkyl halides is 2. The fraction of sp³-hybridized carbons (Fsp3) is 0.294. The third kappa shape index (κ3) is 3.12. The van der Waals surface area contributed by atoms with Gasteiger partial charge >= 0.3 is 6.11 Å². The van der Waals surface area contributed by atoms with E-state index in [0.717, 1.165) is 4.90 Å². The summed E-state index contributed by atoms with van der Waals surface area (Å²) < 4.78 is 33.0. The number of benzene rings is 1. The van der Waals surface area contributed by atoms with Crippen molar-refractivity contribution in [2.45, 2.75) is 31.9 Å². The monoisotopic (exact) mass is 347 g/mol. The minimum atomic E-state index is -3.87. The van der Waals surface area contributed by atoms with Crippen molar-refractivity contribution in [1.29, 1.82) is 5.26 Å². The Morgan fingerprint density at radius 3 is 2.76 bits per heavy atom. The zero-order valence-electron chi connectivity index (χ0n) is 13.2. The second-order valence-electron chi connectivity index (χ2n) is 5.66. The predicted octanol–water partition coefficient (Wildman–Crippen LogP) is 2.32. The van der Waals surface area contributed by atoms with Crippen LogP contribution in [0.25, 0.3) is 0 Å². The molecule has 0 radical (unpaired) electrons. The maximum atomic E-state index is 14.2. The Bertz CT molecular complexity index is 836. The molecule has 0 saturated heterocycles. The van der Waals surface area contributed by atoms with Gasteiger partial charge in [0.1, 0.15) is 11.8 Å². The van der Waals surface area contributed by atoms with Crippen LogP contribution in [0.5, 0.6) is 5.75 Å². The van der Waals surface area contributed by atoms with Crippen LogP contribution >= 0.6 is 0 Å². The molecule has 2 atom stereocenters. The van der Waals surface area contributed by atoms with Gasteiger partial charge < -0.3 is 19.8 Å². The molecule has 8 heteroatoms. The van der Waals surface area contributed by atoms with Gasteiger partial charge in [-0.05, 0) is 25.1 Å². The lowest BCUT2D eigenvalue weighted by Gasteiger charge is -2.40. The first-order valence-electron chi connectivity index (χ1n) is 7.52. The van der Waals surface area contributed by atoms with Crippen LogP contribution in [0, 0.1) is 11.3 Å². The van der Waals surface area contributed by atoms with E-state index in [4.69, 9.17) is 5.26 Å². The van der Waals surface area contributed by atoms with E-state index >= 15 is 0 Å². The molecule has 2 aromatic rings. The van der Waals surface area contributed by atoms with Gasteiger partial charge in [-0.2, -0.15) is 14.0 Å². The predicted molar refractivity (Wildman–Crippen MR) is 83.8 cm³/mol. The Balaban J connectivity index is 2.07. The Hall–Kier alpha value is -2.76. The SMILES string of the molecule is C[C@H](O)c1cccc2c1OC(F)(F)C(O)N2Cc1cccc(C#N)n1. The Labute approximate surface area is 142 Å². The van der Waals surface area contributed by atoms with E-state index in [1.54, 1.807) is 18.2 Å². The fourth-order valence-electron chi connectivity index (χ4n) is 2.69. The largest absolute Gasteiger partial charge is 0.444 e. The molecule has 25 heavy (non-hydrogen) atoms. The number of pyridine rings is 1. The standard InChI is InChI=1S/C17H15F2N3O3/c1-10(23)13-6-3-7-14-15(13)25-17(18,19)16(24)22(14)9-12-5-2-4-11(8-20)21-12/h2-7,10,16,23-24H,9H2,1H3/t10-,16?/m0/s1. The molecule has 6 nitrogen and oxygen atoms in total.